The van der Waals surface area contributed by atoms with Gasteiger partial charge in [-0.05, 0) is 18.6 Å². The normalized spacial score (nSPS) is 10.7. The number of carboxylic acids is 1. The summed E-state index contributed by atoms with van der Waals surface area (Å²) in [5.74, 6) is -0.910. The molecule has 2 aromatic rings. The second-order valence-corrected chi connectivity index (χ2v) is 3.23. The van der Waals surface area contributed by atoms with E-state index in [1.165, 1.54) is 4.68 Å². The molecule has 0 unspecified atom stereocenters. The lowest BCUT2D eigenvalue weighted by Crippen LogP contribution is -2.10. The molecule has 0 aliphatic rings. The fraction of sp³-hybridized carbons (Fsp3) is 0.300. The first kappa shape index (κ1) is 9.64. The molecule has 1 N–H and O–H groups in total. The topological polar surface area (TPSA) is 68.0 Å². The molecule has 0 bridgehead atoms. The summed E-state index contributed by atoms with van der Waals surface area (Å²) in [7, 11) is 0. The first-order chi connectivity index (χ1) is 7.22. The van der Waals surface area contributed by atoms with Crippen LogP contribution in [-0.2, 0) is 17.8 Å². The monoisotopic (exact) mass is 205 g/mol. The van der Waals surface area contributed by atoms with E-state index >= 15 is 0 Å². The van der Waals surface area contributed by atoms with Crippen molar-refractivity contribution < 1.29 is 9.90 Å². The highest BCUT2D eigenvalue weighted by atomic mass is 16.4. The molecule has 0 aliphatic carbocycles. The molecule has 2 heterocycles. The maximum absolute atomic E-state index is 10.6. The summed E-state index contributed by atoms with van der Waals surface area (Å²) in [6.07, 6.45) is 2.41. The van der Waals surface area contributed by atoms with Crippen molar-refractivity contribution in [3.63, 3.8) is 0 Å². The zero-order chi connectivity index (χ0) is 10.8. The molecule has 78 valence electrons. The first-order valence-corrected chi connectivity index (χ1v) is 4.74. The van der Waals surface area contributed by atoms with Gasteiger partial charge in [-0.1, -0.05) is 6.92 Å². The Morgan fingerprint density at radius 3 is 3.07 bits per heavy atom. The summed E-state index contributed by atoms with van der Waals surface area (Å²) in [6, 6.07) is 3.74. The number of carboxylic acid groups (broad SMARTS) is 1. The van der Waals surface area contributed by atoms with Crippen LogP contribution in [0.2, 0.25) is 0 Å². The number of pyridine rings is 1. The standard InChI is InChI=1S/C10H11N3O2/c1-2-8-7-4-3-5-11-10(7)13(12-8)6-9(14)15/h3-5H,2,6H2,1H3,(H,14,15). The molecule has 15 heavy (non-hydrogen) atoms. The smallest absolute Gasteiger partial charge is 0.325 e. The summed E-state index contributed by atoms with van der Waals surface area (Å²) in [5.41, 5.74) is 1.52. The minimum Gasteiger partial charge on any atom is -0.480 e. The molecule has 0 radical (unpaired) electrons. The van der Waals surface area contributed by atoms with E-state index in [4.69, 9.17) is 5.11 Å². The summed E-state index contributed by atoms with van der Waals surface area (Å²) in [5, 5.41) is 13.9. The molecule has 2 rings (SSSR count). The number of aliphatic carboxylic acids is 1. The molecule has 0 spiro atoms. The molecule has 0 fully saturated rings. The van der Waals surface area contributed by atoms with Crippen LogP contribution in [0, 0.1) is 0 Å². The molecular weight excluding hydrogens is 194 g/mol. The van der Waals surface area contributed by atoms with Crippen LogP contribution >= 0.6 is 0 Å². The molecule has 5 heteroatoms. The molecule has 5 nitrogen and oxygen atoms in total. The van der Waals surface area contributed by atoms with E-state index in [1.54, 1.807) is 6.20 Å². The highest BCUT2D eigenvalue weighted by Gasteiger charge is 2.11. The summed E-state index contributed by atoms with van der Waals surface area (Å²) in [4.78, 5) is 14.8. The maximum atomic E-state index is 10.6. The van der Waals surface area contributed by atoms with E-state index in [0.717, 1.165) is 17.5 Å². The molecule has 0 saturated carbocycles. The van der Waals surface area contributed by atoms with Crippen molar-refractivity contribution in [2.45, 2.75) is 19.9 Å². The Kier molecular flexibility index (Phi) is 2.37. The minimum absolute atomic E-state index is 0.145. The number of carbonyl (C=O) groups is 1. The number of rotatable bonds is 3. The molecule has 2 aromatic heterocycles. The Labute approximate surface area is 86.4 Å². The summed E-state index contributed by atoms with van der Waals surface area (Å²) in [6.45, 7) is 1.84. The van der Waals surface area contributed by atoms with Gasteiger partial charge in [0.2, 0.25) is 0 Å². The average molecular weight is 205 g/mol. The van der Waals surface area contributed by atoms with E-state index in [9.17, 15) is 4.79 Å². The Bertz CT molecular complexity index is 504. The fourth-order valence-corrected chi connectivity index (χ4v) is 1.57. The van der Waals surface area contributed by atoms with Crippen LogP contribution in [0.15, 0.2) is 18.3 Å². The van der Waals surface area contributed by atoms with Crippen LogP contribution in [0.3, 0.4) is 0 Å². The van der Waals surface area contributed by atoms with Gasteiger partial charge in [0.05, 0.1) is 5.69 Å². The fourth-order valence-electron chi connectivity index (χ4n) is 1.57. The van der Waals surface area contributed by atoms with E-state index in [2.05, 4.69) is 10.1 Å². The van der Waals surface area contributed by atoms with E-state index < -0.39 is 5.97 Å². The van der Waals surface area contributed by atoms with Gasteiger partial charge in [-0.3, -0.25) is 4.79 Å². The number of aromatic nitrogens is 3. The quantitative estimate of drug-likeness (QED) is 0.814. The second-order valence-electron chi connectivity index (χ2n) is 3.23. The molecule has 0 amide bonds. The predicted molar refractivity (Wildman–Crippen MR) is 54.5 cm³/mol. The van der Waals surface area contributed by atoms with Crippen molar-refractivity contribution in [1.82, 2.24) is 14.8 Å². The zero-order valence-electron chi connectivity index (χ0n) is 8.34. The van der Waals surface area contributed by atoms with Gasteiger partial charge in [-0.2, -0.15) is 5.10 Å². The van der Waals surface area contributed by atoms with Crippen molar-refractivity contribution in [2.75, 3.05) is 0 Å². The van der Waals surface area contributed by atoms with Crippen molar-refractivity contribution >= 4 is 17.0 Å². The lowest BCUT2D eigenvalue weighted by atomic mass is 10.2. The van der Waals surface area contributed by atoms with Gasteiger partial charge >= 0.3 is 5.97 Å². The van der Waals surface area contributed by atoms with Crippen molar-refractivity contribution in [2.24, 2.45) is 0 Å². The summed E-state index contributed by atoms with van der Waals surface area (Å²) >= 11 is 0. The Balaban J connectivity index is 2.59. The molecular formula is C10H11N3O2. The van der Waals surface area contributed by atoms with Crippen LogP contribution < -0.4 is 0 Å². The van der Waals surface area contributed by atoms with Gasteiger partial charge in [-0.25, -0.2) is 9.67 Å². The number of fused-ring (bicyclic) bond motifs is 1. The van der Waals surface area contributed by atoms with E-state index in [-0.39, 0.29) is 6.54 Å². The number of nitrogens with zero attached hydrogens (tertiary/aromatic N) is 3. The van der Waals surface area contributed by atoms with Crippen LogP contribution in [0.1, 0.15) is 12.6 Å². The number of hydrogen-bond acceptors (Lipinski definition) is 3. The van der Waals surface area contributed by atoms with Gasteiger partial charge in [-0.15, -0.1) is 0 Å². The third-order valence-corrected chi connectivity index (χ3v) is 2.20. The van der Waals surface area contributed by atoms with Crippen molar-refractivity contribution in [3.8, 4) is 0 Å². The van der Waals surface area contributed by atoms with Crippen LogP contribution in [0.25, 0.3) is 11.0 Å². The van der Waals surface area contributed by atoms with Crippen LogP contribution in [-0.4, -0.2) is 25.8 Å². The van der Waals surface area contributed by atoms with Crippen LogP contribution in [0.4, 0.5) is 0 Å². The SMILES string of the molecule is CCc1nn(CC(=O)O)c2ncccc12. The summed E-state index contributed by atoms with van der Waals surface area (Å²) < 4.78 is 1.43. The maximum Gasteiger partial charge on any atom is 0.325 e. The van der Waals surface area contributed by atoms with Gasteiger partial charge < -0.3 is 5.11 Å². The third-order valence-electron chi connectivity index (χ3n) is 2.20. The van der Waals surface area contributed by atoms with Gasteiger partial charge in [0.15, 0.2) is 5.65 Å². The lowest BCUT2D eigenvalue weighted by Gasteiger charge is -1.96. The van der Waals surface area contributed by atoms with E-state index in [0.29, 0.717) is 5.65 Å². The Hall–Kier alpha value is -1.91. The van der Waals surface area contributed by atoms with Gasteiger partial charge in [0.25, 0.3) is 0 Å². The first-order valence-electron chi connectivity index (χ1n) is 4.74. The second kappa shape index (κ2) is 3.68. The van der Waals surface area contributed by atoms with E-state index in [1.807, 2.05) is 19.1 Å². The Morgan fingerprint density at radius 1 is 1.60 bits per heavy atom. The molecule has 0 aliphatic heterocycles. The molecule has 0 atom stereocenters. The average Bonchev–Trinajstić information content (AvgIpc) is 2.56. The van der Waals surface area contributed by atoms with Crippen molar-refractivity contribution in [1.29, 1.82) is 0 Å². The zero-order valence-corrected chi connectivity index (χ0v) is 8.34. The Morgan fingerprint density at radius 2 is 2.40 bits per heavy atom. The largest absolute Gasteiger partial charge is 0.480 e. The third kappa shape index (κ3) is 1.68. The number of aryl methyl sites for hydroxylation is 1. The molecule has 0 aromatic carbocycles. The predicted octanol–water partition coefficient (Wildman–Crippen LogP) is 1.08. The highest BCUT2D eigenvalue weighted by molar-refractivity contribution is 5.79. The lowest BCUT2D eigenvalue weighted by molar-refractivity contribution is -0.137. The highest BCUT2D eigenvalue weighted by Crippen LogP contribution is 2.16. The van der Waals surface area contributed by atoms with Crippen LogP contribution in [0.5, 0.6) is 0 Å². The number of hydrogen-bond donors (Lipinski definition) is 1. The molecule has 0 saturated heterocycles. The van der Waals surface area contributed by atoms with Crippen molar-refractivity contribution in [3.05, 3.63) is 24.0 Å². The van der Waals surface area contributed by atoms with Gasteiger partial charge in [0.1, 0.15) is 6.54 Å². The minimum atomic E-state index is -0.910. The van der Waals surface area contributed by atoms with Gasteiger partial charge in [0, 0.05) is 11.6 Å².